The van der Waals surface area contributed by atoms with Gasteiger partial charge in [0.1, 0.15) is 0 Å². The molecule has 0 spiro atoms. The third-order valence-electron chi connectivity index (χ3n) is 5.16. The molecule has 0 aliphatic carbocycles. The van der Waals surface area contributed by atoms with Gasteiger partial charge >= 0.3 is 0 Å². The fraction of sp³-hybridized carbons (Fsp3) is 0.200. The van der Waals surface area contributed by atoms with Gasteiger partial charge in [-0.25, -0.2) is 0 Å². The number of benzene rings is 3. The van der Waals surface area contributed by atoms with Gasteiger partial charge in [-0.15, -0.1) is 0 Å². The molecule has 0 radical (unpaired) electrons. The van der Waals surface area contributed by atoms with E-state index in [1.807, 2.05) is 30.3 Å². The molecule has 3 aromatic carbocycles. The predicted molar refractivity (Wildman–Crippen MR) is 117 cm³/mol. The van der Waals surface area contributed by atoms with E-state index in [0.29, 0.717) is 5.02 Å². The summed E-state index contributed by atoms with van der Waals surface area (Å²) in [6, 6.07) is 20.1. The zero-order valence-corrected chi connectivity index (χ0v) is 17.2. The summed E-state index contributed by atoms with van der Waals surface area (Å²) < 4.78 is 11.0. The van der Waals surface area contributed by atoms with E-state index in [1.54, 1.807) is 14.2 Å². The van der Waals surface area contributed by atoms with Crippen LogP contribution in [-0.4, -0.2) is 20.8 Å². The van der Waals surface area contributed by atoms with E-state index < -0.39 is 0 Å². The van der Waals surface area contributed by atoms with Gasteiger partial charge in [-0.3, -0.25) is 0 Å². The fourth-order valence-electron chi connectivity index (χ4n) is 3.70. The molecule has 1 aliphatic heterocycles. The number of hydrogen-bond acceptors (Lipinski definition) is 3. The minimum atomic E-state index is 0.0503. The number of methoxy groups -OCH3 is 2. The molecule has 146 valence electrons. The maximum absolute atomic E-state index is 5.97. The minimum Gasteiger partial charge on any atom is -0.493 e. The molecule has 1 heterocycles. The van der Waals surface area contributed by atoms with Crippen LogP contribution >= 0.6 is 11.6 Å². The minimum absolute atomic E-state index is 0.0503. The molecule has 1 aliphatic rings. The first kappa shape index (κ1) is 19.4. The molecule has 0 fully saturated rings. The lowest BCUT2D eigenvalue weighted by Crippen LogP contribution is -2.31. The Balaban J connectivity index is 1.75. The molecule has 1 atom stereocenters. The van der Waals surface area contributed by atoms with Crippen LogP contribution in [0, 0.1) is 11.8 Å². The van der Waals surface area contributed by atoms with Crippen LogP contribution in [0.15, 0.2) is 60.7 Å². The Morgan fingerprint density at radius 3 is 2.38 bits per heavy atom. The Hall–Kier alpha value is -2.93. The van der Waals surface area contributed by atoms with Crippen molar-refractivity contribution in [3.8, 4) is 23.3 Å². The first-order chi connectivity index (χ1) is 14.2. The van der Waals surface area contributed by atoms with Crippen molar-refractivity contribution in [3.63, 3.8) is 0 Å². The lowest BCUT2D eigenvalue weighted by molar-refractivity contribution is 0.353. The summed E-state index contributed by atoms with van der Waals surface area (Å²) in [5.74, 6) is 8.10. The molecule has 1 N–H and O–H groups in total. The molecule has 1 unspecified atom stereocenters. The molecule has 0 saturated heterocycles. The summed E-state index contributed by atoms with van der Waals surface area (Å²) >= 11 is 5.97. The topological polar surface area (TPSA) is 30.5 Å². The summed E-state index contributed by atoms with van der Waals surface area (Å²) in [4.78, 5) is 0. The SMILES string of the molecule is COc1cc2c(cc1OC)C(c1ccccc1C#Cc1ccc(Cl)cc1)NCC2. The van der Waals surface area contributed by atoms with E-state index in [1.165, 1.54) is 11.1 Å². The normalized spacial score (nSPS) is 15.1. The summed E-state index contributed by atoms with van der Waals surface area (Å²) in [6.07, 6.45) is 0.949. The summed E-state index contributed by atoms with van der Waals surface area (Å²) in [7, 11) is 3.34. The molecule has 4 rings (SSSR count). The van der Waals surface area contributed by atoms with Gasteiger partial charge in [-0.05, 0) is 65.6 Å². The van der Waals surface area contributed by atoms with Crippen molar-refractivity contribution in [1.29, 1.82) is 0 Å². The fourth-order valence-corrected chi connectivity index (χ4v) is 3.82. The molecule has 0 aromatic heterocycles. The average Bonchev–Trinajstić information content (AvgIpc) is 2.77. The molecule has 0 saturated carbocycles. The van der Waals surface area contributed by atoms with Crippen molar-refractivity contribution in [1.82, 2.24) is 5.32 Å². The Morgan fingerprint density at radius 1 is 0.897 bits per heavy atom. The van der Waals surface area contributed by atoms with Crippen molar-refractivity contribution in [2.24, 2.45) is 0 Å². The van der Waals surface area contributed by atoms with Crippen LogP contribution in [0.1, 0.15) is 33.9 Å². The summed E-state index contributed by atoms with van der Waals surface area (Å²) in [5.41, 5.74) is 5.57. The molecule has 4 heteroatoms. The van der Waals surface area contributed by atoms with Crippen LogP contribution in [0.3, 0.4) is 0 Å². The smallest absolute Gasteiger partial charge is 0.161 e. The van der Waals surface area contributed by atoms with E-state index in [0.717, 1.165) is 41.2 Å². The molecule has 0 bridgehead atoms. The number of nitrogens with one attached hydrogen (secondary N) is 1. The maximum Gasteiger partial charge on any atom is 0.161 e. The molecule has 29 heavy (non-hydrogen) atoms. The van der Waals surface area contributed by atoms with Crippen molar-refractivity contribution in [3.05, 3.63) is 93.5 Å². The van der Waals surface area contributed by atoms with Gasteiger partial charge in [0.2, 0.25) is 0 Å². The van der Waals surface area contributed by atoms with E-state index in [4.69, 9.17) is 21.1 Å². The predicted octanol–water partition coefficient (Wildman–Crippen LogP) is 4.99. The Kier molecular flexibility index (Phi) is 5.76. The molecule has 0 amide bonds. The molecular weight excluding hydrogens is 382 g/mol. The highest BCUT2D eigenvalue weighted by Gasteiger charge is 2.25. The van der Waals surface area contributed by atoms with Gasteiger partial charge in [0.25, 0.3) is 0 Å². The Labute approximate surface area is 176 Å². The third-order valence-corrected chi connectivity index (χ3v) is 5.41. The quantitative estimate of drug-likeness (QED) is 0.625. The monoisotopic (exact) mass is 403 g/mol. The van der Waals surface area contributed by atoms with E-state index in [2.05, 4.69) is 47.5 Å². The van der Waals surface area contributed by atoms with Gasteiger partial charge in [0.15, 0.2) is 11.5 Å². The third kappa shape index (κ3) is 4.10. The van der Waals surface area contributed by atoms with E-state index >= 15 is 0 Å². The number of fused-ring (bicyclic) bond motifs is 1. The summed E-state index contributed by atoms with van der Waals surface area (Å²) in [5, 5.41) is 4.36. The first-order valence-electron chi connectivity index (χ1n) is 9.54. The average molecular weight is 404 g/mol. The van der Waals surface area contributed by atoms with Gasteiger partial charge in [0, 0.05) is 22.7 Å². The maximum atomic E-state index is 5.97. The lowest BCUT2D eigenvalue weighted by atomic mass is 9.87. The zero-order chi connectivity index (χ0) is 20.2. The molecule has 3 nitrogen and oxygen atoms in total. The van der Waals surface area contributed by atoms with Crippen LogP contribution in [-0.2, 0) is 6.42 Å². The summed E-state index contributed by atoms with van der Waals surface area (Å²) in [6.45, 7) is 0.895. The first-order valence-corrected chi connectivity index (χ1v) is 9.92. The second-order valence-corrected chi connectivity index (χ2v) is 7.32. The van der Waals surface area contributed by atoms with Crippen molar-refractivity contribution < 1.29 is 9.47 Å². The number of ether oxygens (including phenoxy) is 2. The van der Waals surface area contributed by atoms with Gasteiger partial charge < -0.3 is 14.8 Å². The van der Waals surface area contributed by atoms with Gasteiger partial charge in [0.05, 0.1) is 20.3 Å². The van der Waals surface area contributed by atoms with Crippen LogP contribution in [0.4, 0.5) is 0 Å². The number of rotatable bonds is 3. The van der Waals surface area contributed by atoms with Gasteiger partial charge in [-0.1, -0.05) is 41.6 Å². The Bertz CT molecular complexity index is 1080. The van der Waals surface area contributed by atoms with Crippen LogP contribution < -0.4 is 14.8 Å². The number of halogens is 1. The van der Waals surface area contributed by atoms with Crippen molar-refractivity contribution >= 4 is 11.6 Å². The molecular formula is C25H22ClNO2. The van der Waals surface area contributed by atoms with E-state index in [-0.39, 0.29) is 6.04 Å². The van der Waals surface area contributed by atoms with E-state index in [9.17, 15) is 0 Å². The van der Waals surface area contributed by atoms with Crippen molar-refractivity contribution in [2.75, 3.05) is 20.8 Å². The van der Waals surface area contributed by atoms with Crippen LogP contribution in [0.25, 0.3) is 0 Å². The highest BCUT2D eigenvalue weighted by atomic mass is 35.5. The second-order valence-electron chi connectivity index (χ2n) is 6.89. The lowest BCUT2D eigenvalue weighted by Gasteiger charge is -2.29. The zero-order valence-electron chi connectivity index (χ0n) is 16.5. The molecule has 3 aromatic rings. The number of hydrogen-bond donors (Lipinski definition) is 1. The highest BCUT2D eigenvalue weighted by molar-refractivity contribution is 6.30. The van der Waals surface area contributed by atoms with Crippen LogP contribution in [0.2, 0.25) is 5.02 Å². The van der Waals surface area contributed by atoms with Crippen molar-refractivity contribution in [2.45, 2.75) is 12.5 Å². The second kappa shape index (κ2) is 8.61. The largest absolute Gasteiger partial charge is 0.493 e. The van der Waals surface area contributed by atoms with Crippen LogP contribution in [0.5, 0.6) is 11.5 Å². The highest BCUT2D eigenvalue weighted by Crippen LogP contribution is 2.38. The van der Waals surface area contributed by atoms with Gasteiger partial charge in [-0.2, -0.15) is 0 Å². The Morgan fingerprint density at radius 2 is 1.62 bits per heavy atom. The standard InChI is InChI=1S/C25H22ClNO2/c1-28-23-15-19-13-14-27-25(22(19)16-24(23)29-2)21-6-4-3-5-18(21)10-7-17-8-11-20(26)12-9-17/h3-6,8-9,11-12,15-16,25,27H,13-14H2,1-2H3.